The number of thiophene rings is 2. The van der Waals surface area contributed by atoms with Crippen molar-refractivity contribution in [2.75, 3.05) is 0 Å². The van der Waals surface area contributed by atoms with Gasteiger partial charge in [-0.05, 0) is 46.5 Å². The molecule has 0 unspecified atom stereocenters. The Morgan fingerprint density at radius 1 is 0.720 bits per heavy atom. The summed E-state index contributed by atoms with van der Waals surface area (Å²) >= 11 is 6.13. The molecule has 0 aliphatic heterocycles. The van der Waals surface area contributed by atoms with Crippen LogP contribution >= 0.6 is 45.5 Å². The van der Waals surface area contributed by atoms with Crippen molar-refractivity contribution in [3.05, 3.63) is 53.2 Å². The van der Waals surface area contributed by atoms with Crippen LogP contribution in [0.25, 0.3) is 58.5 Å². The fourth-order valence-electron chi connectivity index (χ4n) is 4.42. The van der Waals surface area contributed by atoms with Gasteiger partial charge in [0.05, 0.1) is 49.6 Å². The number of benzene rings is 2. The Bertz CT molecular complexity index is 1610. The molecule has 7 rings (SSSR count). The Labute approximate surface area is 163 Å². The maximum absolute atomic E-state index is 2.50. The van der Waals surface area contributed by atoms with E-state index in [4.69, 9.17) is 0 Å². The average Bonchev–Trinajstić information content (AvgIpc) is 3.36. The highest BCUT2D eigenvalue weighted by Gasteiger charge is 2.22. The highest BCUT2D eigenvalue weighted by molar-refractivity contribution is 14.1. The second-order valence-corrected chi connectivity index (χ2v) is 9.22. The Hall–Kier alpha value is -1.83. The van der Waals surface area contributed by atoms with Crippen LogP contribution in [0.2, 0.25) is 0 Å². The summed E-state index contributed by atoms with van der Waals surface area (Å²) in [6.45, 7) is 0. The largest absolute Gasteiger partial charge is 0.299 e. The number of halogens is 1. The van der Waals surface area contributed by atoms with Crippen LogP contribution < -0.4 is 0 Å². The predicted octanol–water partition coefficient (Wildman–Crippen LogP) is 7.27. The molecule has 5 heterocycles. The SMILES string of the molecule is In1c2cccc3c4ccsc4n4c5ccsc5c5ccc1c(c32)c54. The smallest absolute Gasteiger partial charge is 0.108 e. The molecule has 5 aromatic heterocycles. The van der Waals surface area contributed by atoms with Gasteiger partial charge in [0.1, 0.15) is 4.83 Å². The molecule has 25 heavy (non-hydrogen) atoms. The van der Waals surface area contributed by atoms with E-state index in [-0.39, 0.29) is 0 Å². The molecular formula is C20H9IN2S2. The summed E-state index contributed by atoms with van der Waals surface area (Å²) in [4.78, 5) is 1.34. The van der Waals surface area contributed by atoms with Crippen molar-refractivity contribution in [2.45, 2.75) is 0 Å². The normalized spacial score (nSPS) is 13.0. The van der Waals surface area contributed by atoms with Gasteiger partial charge in [-0.25, -0.2) is 0 Å². The van der Waals surface area contributed by atoms with Crippen molar-refractivity contribution in [1.82, 2.24) is 7.18 Å². The second kappa shape index (κ2) is 4.28. The third kappa shape index (κ3) is 1.37. The van der Waals surface area contributed by atoms with E-state index in [1.165, 1.54) is 58.5 Å². The number of aromatic nitrogens is 2. The Balaban J connectivity index is 2.10. The molecule has 0 amide bonds. The van der Waals surface area contributed by atoms with Gasteiger partial charge in [0, 0.05) is 21.5 Å². The zero-order valence-corrected chi connectivity index (χ0v) is 16.6. The molecule has 5 heteroatoms. The lowest BCUT2D eigenvalue weighted by Crippen LogP contribution is -1.82. The lowest BCUT2D eigenvalue weighted by Gasteiger charge is -1.99. The standard InChI is InChI=1S/C20H9IN2S2/c21-23-13-3-1-2-10-11-6-8-25-20(11)22-15-7-9-24-19(15)12-4-5-14(23)17(16(10)13)18(12)22/h1-9H. The van der Waals surface area contributed by atoms with Crippen LogP contribution in [0.1, 0.15) is 0 Å². The van der Waals surface area contributed by atoms with E-state index in [9.17, 15) is 0 Å². The minimum absolute atomic E-state index is 1.30. The number of nitrogens with zero attached hydrogens (tertiary/aromatic N) is 2. The molecule has 0 aliphatic rings. The van der Waals surface area contributed by atoms with Crippen LogP contribution in [0, 0.1) is 0 Å². The monoisotopic (exact) mass is 468 g/mol. The first-order chi connectivity index (χ1) is 12.3. The van der Waals surface area contributed by atoms with E-state index in [1.807, 2.05) is 22.7 Å². The molecule has 0 atom stereocenters. The molecule has 0 aliphatic carbocycles. The van der Waals surface area contributed by atoms with Gasteiger partial charge >= 0.3 is 0 Å². The van der Waals surface area contributed by atoms with Crippen molar-refractivity contribution in [2.24, 2.45) is 0 Å². The van der Waals surface area contributed by atoms with Gasteiger partial charge in [-0.1, -0.05) is 12.1 Å². The summed E-state index contributed by atoms with van der Waals surface area (Å²) in [6, 6.07) is 15.8. The van der Waals surface area contributed by atoms with Gasteiger partial charge in [0.15, 0.2) is 0 Å². The maximum atomic E-state index is 2.50. The zero-order valence-electron chi connectivity index (χ0n) is 12.8. The molecule has 0 saturated heterocycles. The lowest BCUT2D eigenvalue weighted by atomic mass is 10.1. The van der Waals surface area contributed by atoms with Gasteiger partial charge in [-0.2, -0.15) is 0 Å². The summed E-state index contributed by atoms with van der Waals surface area (Å²) in [7, 11) is 0. The minimum atomic E-state index is 1.30. The molecule has 7 aromatic rings. The predicted molar refractivity (Wildman–Crippen MR) is 119 cm³/mol. The Morgan fingerprint density at radius 3 is 2.56 bits per heavy atom. The van der Waals surface area contributed by atoms with E-state index >= 15 is 0 Å². The lowest BCUT2D eigenvalue weighted by molar-refractivity contribution is 1.39. The maximum Gasteiger partial charge on any atom is 0.108 e. The molecule has 0 fully saturated rings. The van der Waals surface area contributed by atoms with Gasteiger partial charge in [0.25, 0.3) is 0 Å². The van der Waals surface area contributed by atoms with Crippen LogP contribution in [-0.2, 0) is 0 Å². The molecule has 2 aromatic carbocycles. The highest BCUT2D eigenvalue weighted by Crippen LogP contribution is 2.46. The van der Waals surface area contributed by atoms with Crippen molar-refractivity contribution in [1.29, 1.82) is 0 Å². The van der Waals surface area contributed by atoms with E-state index in [1.54, 1.807) is 0 Å². The van der Waals surface area contributed by atoms with Gasteiger partial charge in [0.2, 0.25) is 0 Å². The molecule has 118 valence electrons. The number of fused-ring (bicyclic) bond motifs is 6. The van der Waals surface area contributed by atoms with E-state index in [2.05, 4.69) is 83.3 Å². The topological polar surface area (TPSA) is 9.34 Å². The van der Waals surface area contributed by atoms with Crippen LogP contribution in [-0.4, -0.2) is 7.18 Å². The molecule has 0 saturated carbocycles. The zero-order chi connectivity index (χ0) is 16.3. The summed E-state index contributed by atoms with van der Waals surface area (Å²) in [5.41, 5.74) is 5.31. The molecule has 2 nitrogen and oxygen atoms in total. The van der Waals surface area contributed by atoms with Gasteiger partial charge in [-0.3, -0.25) is 7.18 Å². The summed E-state index contributed by atoms with van der Waals surface area (Å²) in [6.07, 6.45) is 0. The summed E-state index contributed by atoms with van der Waals surface area (Å²) in [5.74, 6) is 0. The minimum Gasteiger partial charge on any atom is -0.299 e. The number of hydrogen-bond donors (Lipinski definition) is 0. The third-order valence-corrected chi connectivity index (χ3v) is 8.24. The first-order valence-electron chi connectivity index (χ1n) is 8.07. The second-order valence-electron chi connectivity index (χ2n) is 6.45. The van der Waals surface area contributed by atoms with E-state index in [0.29, 0.717) is 0 Å². The number of hydrogen-bond acceptors (Lipinski definition) is 2. The number of rotatable bonds is 0. The van der Waals surface area contributed by atoms with Crippen molar-refractivity contribution in [3.63, 3.8) is 0 Å². The van der Waals surface area contributed by atoms with E-state index < -0.39 is 0 Å². The van der Waals surface area contributed by atoms with Crippen LogP contribution in [0.15, 0.2) is 53.2 Å². The van der Waals surface area contributed by atoms with Crippen molar-refractivity contribution < 1.29 is 0 Å². The average molecular weight is 468 g/mol. The Kier molecular flexibility index (Phi) is 2.29. The van der Waals surface area contributed by atoms with E-state index in [0.717, 1.165) is 0 Å². The molecular weight excluding hydrogens is 459 g/mol. The van der Waals surface area contributed by atoms with Crippen molar-refractivity contribution >= 4 is 104 Å². The highest BCUT2D eigenvalue weighted by atomic mass is 127. The fraction of sp³-hybridized carbons (Fsp3) is 0. The first kappa shape index (κ1) is 13.4. The van der Waals surface area contributed by atoms with Gasteiger partial charge < -0.3 is 0 Å². The quantitative estimate of drug-likeness (QED) is 0.207. The molecule has 0 N–H and O–H groups in total. The summed E-state index contributed by atoms with van der Waals surface area (Å²) < 4.78 is 6.21. The molecule has 0 spiro atoms. The molecule has 0 radical (unpaired) electrons. The third-order valence-electron chi connectivity index (χ3n) is 5.36. The van der Waals surface area contributed by atoms with Crippen LogP contribution in [0.4, 0.5) is 0 Å². The van der Waals surface area contributed by atoms with Crippen LogP contribution in [0.5, 0.6) is 0 Å². The first-order valence-corrected chi connectivity index (χ1v) is 10.8. The summed E-state index contributed by atoms with van der Waals surface area (Å²) in [5, 5.41) is 11.3. The van der Waals surface area contributed by atoms with Gasteiger partial charge in [-0.15, -0.1) is 22.7 Å². The molecule has 0 bridgehead atoms. The fourth-order valence-corrected chi connectivity index (χ4v) is 7.06. The van der Waals surface area contributed by atoms with Crippen LogP contribution in [0.3, 0.4) is 0 Å². The van der Waals surface area contributed by atoms with Crippen molar-refractivity contribution in [3.8, 4) is 0 Å². The Morgan fingerprint density at radius 2 is 1.60 bits per heavy atom.